The molecule has 2 fully saturated rings. The van der Waals surface area contributed by atoms with Crippen LogP contribution >= 0.6 is 0 Å². The van der Waals surface area contributed by atoms with E-state index >= 15 is 0 Å². The average molecular weight is 375 g/mol. The van der Waals surface area contributed by atoms with E-state index in [2.05, 4.69) is 17.3 Å². The lowest BCUT2D eigenvalue weighted by Crippen LogP contribution is -2.37. The highest BCUT2D eigenvalue weighted by Crippen LogP contribution is 2.41. The summed E-state index contributed by atoms with van der Waals surface area (Å²) in [5.41, 5.74) is 4.95. The number of aromatic nitrogens is 1. The number of ether oxygens (including phenoxy) is 3. The van der Waals surface area contributed by atoms with Crippen LogP contribution < -0.4 is 0 Å². The zero-order chi connectivity index (χ0) is 19.5. The molecule has 5 atom stereocenters. The number of hydrogen-bond acceptors (Lipinski definition) is 7. The van der Waals surface area contributed by atoms with Crippen molar-refractivity contribution in [2.24, 2.45) is 0 Å². The number of hydrogen-bond donors (Lipinski definition) is 2. The van der Waals surface area contributed by atoms with Gasteiger partial charge in [-0.15, -0.1) is 0 Å². The Morgan fingerprint density at radius 3 is 2.37 bits per heavy atom. The Bertz CT molecular complexity index is 837. The monoisotopic (exact) mass is 375 g/mol. The molecule has 2 saturated heterocycles. The molecule has 27 heavy (non-hydrogen) atoms. The van der Waals surface area contributed by atoms with Crippen LogP contribution in [0.3, 0.4) is 0 Å². The molecule has 0 aliphatic carbocycles. The molecular formula is C20H25NO6. The fraction of sp³-hybridized carbons (Fsp3) is 0.550. The number of benzene rings is 1. The number of aliphatic hydroxyl groups excluding tert-OH is 2. The number of aryl methyl sites for hydroxylation is 3. The van der Waals surface area contributed by atoms with Crippen LogP contribution in [0.25, 0.3) is 11.3 Å². The summed E-state index contributed by atoms with van der Waals surface area (Å²) >= 11 is 0. The van der Waals surface area contributed by atoms with Gasteiger partial charge < -0.3 is 28.9 Å². The minimum absolute atomic E-state index is 0.229. The lowest BCUT2D eigenvalue weighted by Gasteiger charge is -2.24. The van der Waals surface area contributed by atoms with Gasteiger partial charge in [-0.1, -0.05) is 22.9 Å². The van der Waals surface area contributed by atoms with Crippen LogP contribution in [0.5, 0.6) is 0 Å². The van der Waals surface area contributed by atoms with Gasteiger partial charge in [0.05, 0.1) is 0 Å². The van der Waals surface area contributed by atoms with Crippen LogP contribution in [0.1, 0.15) is 42.4 Å². The minimum Gasteiger partial charge on any atom is -0.387 e. The topological polar surface area (TPSA) is 94.2 Å². The van der Waals surface area contributed by atoms with Crippen LogP contribution in [0.2, 0.25) is 0 Å². The first-order valence-electron chi connectivity index (χ1n) is 9.08. The van der Waals surface area contributed by atoms with Crippen molar-refractivity contribution in [3.05, 3.63) is 40.6 Å². The molecule has 1 aromatic carbocycles. The van der Waals surface area contributed by atoms with E-state index < -0.39 is 36.5 Å². The molecule has 1 aromatic heterocycles. The van der Waals surface area contributed by atoms with Gasteiger partial charge >= 0.3 is 0 Å². The van der Waals surface area contributed by atoms with Gasteiger partial charge in [0.25, 0.3) is 0 Å². The molecule has 2 aliphatic rings. The van der Waals surface area contributed by atoms with Crippen LogP contribution in [0, 0.1) is 20.8 Å². The summed E-state index contributed by atoms with van der Waals surface area (Å²) in [6.07, 6.45) is -4.52. The lowest BCUT2D eigenvalue weighted by atomic mass is 9.96. The lowest BCUT2D eigenvalue weighted by molar-refractivity contribution is -0.227. The predicted molar refractivity (Wildman–Crippen MR) is 95.8 cm³/mol. The Hall–Kier alpha value is -1.77. The SMILES string of the molecule is Cc1cc(C)c(-c2cc([C@H](O)[C@H]3O[C@H]4OC(C)(C)O[C@@H]4[C@H]3O)on2)c(C)c1. The highest BCUT2D eigenvalue weighted by Gasteiger charge is 2.56. The largest absolute Gasteiger partial charge is 0.387 e. The van der Waals surface area contributed by atoms with Crippen molar-refractivity contribution in [2.75, 3.05) is 0 Å². The van der Waals surface area contributed by atoms with E-state index in [0.29, 0.717) is 5.69 Å². The Balaban J connectivity index is 1.56. The molecule has 146 valence electrons. The number of fused-ring (bicyclic) bond motifs is 1. The molecule has 7 nitrogen and oxygen atoms in total. The first-order chi connectivity index (χ1) is 12.7. The number of nitrogens with zero attached hydrogens (tertiary/aromatic N) is 1. The zero-order valence-corrected chi connectivity index (χ0v) is 16.1. The van der Waals surface area contributed by atoms with Crippen molar-refractivity contribution >= 4 is 0 Å². The summed E-state index contributed by atoms with van der Waals surface area (Å²) in [7, 11) is 0. The summed E-state index contributed by atoms with van der Waals surface area (Å²) in [5, 5.41) is 25.3. The molecule has 3 heterocycles. The average Bonchev–Trinajstić information content (AvgIpc) is 3.21. The van der Waals surface area contributed by atoms with E-state index in [1.807, 2.05) is 20.8 Å². The van der Waals surface area contributed by atoms with Gasteiger partial charge in [-0.3, -0.25) is 0 Å². The quantitative estimate of drug-likeness (QED) is 0.851. The minimum atomic E-state index is -1.19. The summed E-state index contributed by atoms with van der Waals surface area (Å²) in [4.78, 5) is 0. The Kier molecular flexibility index (Phi) is 4.40. The second-order valence-electron chi connectivity index (χ2n) is 7.89. The third-order valence-electron chi connectivity index (χ3n) is 5.12. The second kappa shape index (κ2) is 6.39. The molecule has 0 saturated carbocycles. The smallest absolute Gasteiger partial charge is 0.190 e. The highest BCUT2D eigenvalue weighted by atomic mass is 16.8. The van der Waals surface area contributed by atoms with Crippen LogP contribution in [0.15, 0.2) is 22.7 Å². The fourth-order valence-corrected chi connectivity index (χ4v) is 4.07. The van der Waals surface area contributed by atoms with Crippen molar-refractivity contribution in [1.29, 1.82) is 0 Å². The highest BCUT2D eigenvalue weighted by molar-refractivity contribution is 5.68. The van der Waals surface area contributed by atoms with Gasteiger partial charge in [0, 0.05) is 11.6 Å². The van der Waals surface area contributed by atoms with Crippen LogP contribution in [-0.4, -0.2) is 45.8 Å². The van der Waals surface area contributed by atoms with Gasteiger partial charge in [-0.05, 0) is 45.7 Å². The zero-order valence-electron chi connectivity index (χ0n) is 16.1. The van der Waals surface area contributed by atoms with E-state index in [9.17, 15) is 10.2 Å². The molecule has 0 unspecified atom stereocenters. The molecule has 7 heteroatoms. The van der Waals surface area contributed by atoms with Gasteiger partial charge in [-0.2, -0.15) is 0 Å². The maximum absolute atomic E-state index is 10.7. The molecule has 2 N–H and O–H groups in total. The maximum Gasteiger partial charge on any atom is 0.190 e. The molecule has 0 amide bonds. The van der Waals surface area contributed by atoms with Gasteiger partial charge in [-0.25, -0.2) is 0 Å². The Morgan fingerprint density at radius 2 is 1.74 bits per heavy atom. The van der Waals surface area contributed by atoms with Crippen molar-refractivity contribution < 1.29 is 28.9 Å². The molecule has 2 aromatic rings. The number of rotatable bonds is 3. The van der Waals surface area contributed by atoms with Crippen molar-refractivity contribution in [1.82, 2.24) is 5.16 Å². The molecule has 0 spiro atoms. The maximum atomic E-state index is 10.7. The first kappa shape index (κ1) is 18.6. The predicted octanol–water partition coefficient (Wildman–Crippen LogP) is 2.54. The first-order valence-corrected chi connectivity index (χ1v) is 9.08. The third-order valence-corrected chi connectivity index (χ3v) is 5.12. The number of aliphatic hydroxyl groups is 2. The normalized spacial score (nSPS) is 30.5. The molecule has 4 rings (SSSR count). The summed E-state index contributed by atoms with van der Waals surface area (Å²) < 4.78 is 22.3. The Morgan fingerprint density at radius 1 is 1.07 bits per heavy atom. The third kappa shape index (κ3) is 3.19. The fourth-order valence-electron chi connectivity index (χ4n) is 4.07. The van der Waals surface area contributed by atoms with Crippen molar-refractivity contribution in [3.63, 3.8) is 0 Å². The second-order valence-corrected chi connectivity index (χ2v) is 7.89. The summed E-state index contributed by atoms with van der Waals surface area (Å²) in [6.45, 7) is 9.58. The standard InChI is InChI=1S/C20H25NO6/c1-9-6-10(2)14(11(3)7-9)12-8-13(27-21-12)15(22)17-16(23)18-19(24-17)26-20(4,5)25-18/h6-8,15-19,22-23H,1-5H3/t15-,16-,17+,18+,19-/m0/s1. The Labute approximate surface area is 157 Å². The van der Waals surface area contributed by atoms with E-state index in [0.717, 1.165) is 16.7 Å². The van der Waals surface area contributed by atoms with Gasteiger partial charge in [0.15, 0.2) is 17.8 Å². The molecule has 0 bridgehead atoms. The summed E-state index contributed by atoms with van der Waals surface area (Å²) in [5.74, 6) is -0.598. The van der Waals surface area contributed by atoms with Crippen molar-refractivity contribution in [3.8, 4) is 11.3 Å². The van der Waals surface area contributed by atoms with Gasteiger partial charge in [0.2, 0.25) is 0 Å². The van der Waals surface area contributed by atoms with Crippen molar-refractivity contribution in [2.45, 2.75) is 71.1 Å². The van der Waals surface area contributed by atoms with Crippen LogP contribution in [0.4, 0.5) is 0 Å². The summed E-state index contributed by atoms with van der Waals surface area (Å²) in [6, 6.07) is 5.84. The molecular weight excluding hydrogens is 350 g/mol. The van der Waals surface area contributed by atoms with Gasteiger partial charge in [0.1, 0.15) is 30.1 Å². The van der Waals surface area contributed by atoms with E-state index in [1.165, 1.54) is 5.56 Å². The van der Waals surface area contributed by atoms with E-state index in [-0.39, 0.29) is 5.76 Å². The van der Waals surface area contributed by atoms with Crippen LogP contribution in [-0.2, 0) is 14.2 Å². The van der Waals surface area contributed by atoms with E-state index in [1.54, 1.807) is 19.9 Å². The molecule has 2 aliphatic heterocycles. The van der Waals surface area contributed by atoms with E-state index in [4.69, 9.17) is 18.7 Å². The molecule has 0 radical (unpaired) electrons.